The molecular formula is C19H25ClFN3O. The van der Waals surface area contributed by atoms with Crippen molar-refractivity contribution >= 4 is 18.3 Å². The number of halogens is 2. The van der Waals surface area contributed by atoms with Crippen molar-refractivity contribution in [1.82, 2.24) is 10.3 Å². The number of hydrogen-bond acceptors (Lipinski definition) is 2. The lowest BCUT2D eigenvalue weighted by molar-refractivity contribution is 0.0916. The molecule has 25 heavy (non-hydrogen) atoms. The summed E-state index contributed by atoms with van der Waals surface area (Å²) in [5.41, 5.74) is 8.05. The summed E-state index contributed by atoms with van der Waals surface area (Å²) in [6, 6.07) is 6.16. The van der Waals surface area contributed by atoms with Crippen molar-refractivity contribution in [3.8, 4) is 11.1 Å². The van der Waals surface area contributed by atoms with Gasteiger partial charge in [-0.25, -0.2) is 4.39 Å². The minimum atomic E-state index is -0.291. The van der Waals surface area contributed by atoms with E-state index < -0.39 is 0 Å². The van der Waals surface area contributed by atoms with Gasteiger partial charge < -0.3 is 16.0 Å². The van der Waals surface area contributed by atoms with Crippen LogP contribution in [0.25, 0.3) is 11.1 Å². The van der Waals surface area contributed by atoms with Crippen LogP contribution in [0.1, 0.15) is 42.5 Å². The number of H-pyrrole nitrogens is 1. The number of amides is 1. The number of carbonyl (C=O) groups is 1. The highest BCUT2D eigenvalue weighted by atomic mass is 35.5. The third kappa shape index (κ3) is 4.61. The molecule has 4 N–H and O–H groups in total. The predicted molar refractivity (Wildman–Crippen MR) is 100 cm³/mol. The SMILES string of the molecule is Cl.NCC(NC(=O)c1c[nH]cc1-c1ccc(F)cc1)C1CCCCC1. The average Bonchev–Trinajstić information content (AvgIpc) is 3.10. The van der Waals surface area contributed by atoms with Gasteiger partial charge in [0.05, 0.1) is 5.56 Å². The van der Waals surface area contributed by atoms with Gasteiger partial charge in [0.25, 0.3) is 5.91 Å². The van der Waals surface area contributed by atoms with Crippen molar-refractivity contribution in [2.75, 3.05) is 6.54 Å². The maximum absolute atomic E-state index is 13.1. The number of nitrogens with one attached hydrogen (secondary N) is 2. The summed E-state index contributed by atoms with van der Waals surface area (Å²) in [7, 11) is 0. The molecule has 1 amide bonds. The fourth-order valence-electron chi connectivity index (χ4n) is 3.57. The van der Waals surface area contributed by atoms with E-state index >= 15 is 0 Å². The molecule has 0 bridgehead atoms. The van der Waals surface area contributed by atoms with Crippen molar-refractivity contribution < 1.29 is 9.18 Å². The summed E-state index contributed by atoms with van der Waals surface area (Å²) in [6.07, 6.45) is 9.39. The molecule has 6 heteroatoms. The Labute approximate surface area is 153 Å². The monoisotopic (exact) mass is 365 g/mol. The fourth-order valence-corrected chi connectivity index (χ4v) is 3.57. The molecule has 0 radical (unpaired) electrons. The second-order valence-electron chi connectivity index (χ2n) is 6.50. The quantitative estimate of drug-likeness (QED) is 0.752. The summed E-state index contributed by atoms with van der Waals surface area (Å²) in [4.78, 5) is 15.7. The summed E-state index contributed by atoms with van der Waals surface area (Å²) < 4.78 is 13.1. The Kier molecular flexibility index (Phi) is 7.02. The van der Waals surface area contributed by atoms with Gasteiger partial charge in [-0.05, 0) is 36.5 Å². The van der Waals surface area contributed by atoms with Gasteiger partial charge in [-0.2, -0.15) is 0 Å². The first-order chi connectivity index (χ1) is 11.7. The van der Waals surface area contributed by atoms with Gasteiger partial charge in [-0.3, -0.25) is 4.79 Å². The number of rotatable bonds is 5. The van der Waals surface area contributed by atoms with Crippen LogP contribution in [0, 0.1) is 11.7 Å². The molecule has 0 aliphatic heterocycles. The number of hydrogen-bond donors (Lipinski definition) is 3. The number of benzene rings is 1. The molecule has 1 fully saturated rings. The van der Waals surface area contributed by atoms with E-state index in [0.717, 1.165) is 24.0 Å². The van der Waals surface area contributed by atoms with Crippen LogP contribution in [0.3, 0.4) is 0 Å². The third-order valence-electron chi connectivity index (χ3n) is 4.93. The van der Waals surface area contributed by atoms with Crippen molar-refractivity contribution in [1.29, 1.82) is 0 Å². The lowest BCUT2D eigenvalue weighted by atomic mass is 9.84. The molecule has 0 spiro atoms. The van der Waals surface area contributed by atoms with E-state index in [1.54, 1.807) is 24.5 Å². The van der Waals surface area contributed by atoms with Gasteiger partial charge in [0.15, 0.2) is 0 Å². The second-order valence-corrected chi connectivity index (χ2v) is 6.50. The van der Waals surface area contributed by atoms with E-state index in [9.17, 15) is 9.18 Å². The zero-order chi connectivity index (χ0) is 16.9. The number of carbonyl (C=O) groups excluding carboxylic acids is 1. The molecule has 1 atom stereocenters. The summed E-state index contributed by atoms with van der Waals surface area (Å²) in [5.74, 6) is 0.0401. The highest BCUT2D eigenvalue weighted by Gasteiger charge is 2.25. The average molecular weight is 366 g/mol. The lowest BCUT2D eigenvalue weighted by Crippen LogP contribution is -2.45. The Hall–Kier alpha value is -1.85. The minimum absolute atomic E-state index is 0. The third-order valence-corrected chi connectivity index (χ3v) is 4.93. The molecule has 1 aromatic heterocycles. The second kappa shape index (κ2) is 9.02. The van der Waals surface area contributed by atoms with Gasteiger partial charge in [-0.15, -0.1) is 12.4 Å². The Morgan fingerprint density at radius 1 is 1.20 bits per heavy atom. The van der Waals surface area contributed by atoms with Crippen LogP contribution in [0.2, 0.25) is 0 Å². The Balaban J connectivity index is 0.00000225. The van der Waals surface area contributed by atoms with E-state index in [4.69, 9.17) is 5.73 Å². The Bertz CT molecular complexity index is 680. The van der Waals surface area contributed by atoms with Crippen molar-refractivity contribution in [3.63, 3.8) is 0 Å². The normalized spacial score (nSPS) is 16.1. The highest BCUT2D eigenvalue weighted by Crippen LogP contribution is 2.27. The molecule has 1 saturated carbocycles. The van der Waals surface area contributed by atoms with Gasteiger partial charge in [0.2, 0.25) is 0 Å². The maximum atomic E-state index is 13.1. The Morgan fingerprint density at radius 3 is 2.52 bits per heavy atom. The van der Waals surface area contributed by atoms with Crippen LogP contribution in [-0.4, -0.2) is 23.5 Å². The van der Waals surface area contributed by atoms with Gasteiger partial charge in [0, 0.05) is 30.5 Å². The van der Waals surface area contributed by atoms with Crippen LogP contribution >= 0.6 is 12.4 Å². The zero-order valence-corrected chi connectivity index (χ0v) is 14.9. The summed E-state index contributed by atoms with van der Waals surface area (Å²) in [5, 5.41) is 3.10. The molecule has 136 valence electrons. The highest BCUT2D eigenvalue weighted by molar-refractivity contribution is 6.00. The number of aromatic amines is 1. The lowest BCUT2D eigenvalue weighted by Gasteiger charge is -2.30. The van der Waals surface area contributed by atoms with E-state index in [2.05, 4.69) is 10.3 Å². The molecule has 3 rings (SSSR count). The van der Waals surface area contributed by atoms with Crippen LogP contribution in [0.15, 0.2) is 36.7 Å². The first kappa shape index (κ1) is 19.5. The number of aromatic nitrogens is 1. The fraction of sp³-hybridized carbons (Fsp3) is 0.421. The van der Waals surface area contributed by atoms with E-state index in [0.29, 0.717) is 18.0 Å². The molecule has 1 unspecified atom stereocenters. The standard InChI is InChI=1S/C19H24FN3O.ClH/c20-15-8-6-13(7-9-15)16-11-22-12-17(16)19(24)23-18(10-21)14-4-2-1-3-5-14;/h6-9,11-12,14,18,22H,1-5,10,21H2,(H,23,24);1H. The van der Waals surface area contributed by atoms with E-state index in [1.807, 2.05) is 0 Å². The van der Waals surface area contributed by atoms with Gasteiger partial charge in [-0.1, -0.05) is 31.4 Å². The van der Waals surface area contributed by atoms with Crippen LogP contribution in [0.4, 0.5) is 4.39 Å². The molecule has 1 aliphatic carbocycles. The Morgan fingerprint density at radius 2 is 1.88 bits per heavy atom. The van der Waals surface area contributed by atoms with E-state index in [-0.39, 0.29) is 30.2 Å². The molecule has 4 nitrogen and oxygen atoms in total. The molecule has 1 aliphatic rings. The molecule has 1 heterocycles. The maximum Gasteiger partial charge on any atom is 0.253 e. The minimum Gasteiger partial charge on any atom is -0.366 e. The molecule has 0 saturated heterocycles. The van der Waals surface area contributed by atoms with Gasteiger partial charge >= 0.3 is 0 Å². The first-order valence-corrected chi connectivity index (χ1v) is 8.62. The number of nitrogens with two attached hydrogens (primary N) is 1. The van der Waals surface area contributed by atoms with Crippen molar-refractivity contribution in [3.05, 3.63) is 48.0 Å². The summed E-state index contributed by atoms with van der Waals surface area (Å²) >= 11 is 0. The van der Waals surface area contributed by atoms with E-state index in [1.165, 1.54) is 31.4 Å². The molecule has 1 aromatic carbocycles. The van der Waals surface area contributed by atoms with Crippen molar-refractivity contribution in [2.24, 2.45) is 11.7 Å². The molecular weight excluding hydrogens is 341 g/mol. The van der Waals surface area contributed by atoms with Gasteiger partial charge in [0.1, 0.15) is 5.82 Å². The molecule has 2 aromatic rings. The topological polar surface area (TPSA) is 70.9 Å². The van der Waals surface area contributed by atoms with Crippen molar-refractivity contribution in [2.45, 2.75) is 38.1 Å². The predicted octanol–water partition coefficient (Wildman–Crippen LogP) is 3.88. The first-order valence-electron chi connectivity index (χ1n) is 8.62. The zero-order valence-electron chi connectivity index (χ0n) is 14.1. The summed E-state index contributed by atoms with van der Waals surface area (Å²) in [6.45, 7) is 0.451. The van der Waals surface area contributed by atoms with Crippen LogP contribution < -0.4 is 11.1 Å². The van der Waals surface area contributed by atoms with Crippen LogP contribution in [-0.2, 0) is 0 Å². The largest absolute Gasteiger partial charge is 0.366 e. The smallest absolute Gasteiger partial charge is 0.253 e. The van der Waals surface area contributed by atoms with Crippen LogP contribution in [0.5, 0.6) is 0 Å².